The van der Waals surface area contributed by atoms with Gasteiger partial charge in [0, 0.05) is 6.54 Å². The van der Waals surface area contributed by atoms with Gasteiger partial charge in [0.05, 0.1) is 6.04 Å². The van der Waals surface area contributed by atoms with Crippen molar-refractivity contribution in [1.29, 1.82) is 0 Å². The van der Waals surface area contributed by atoms with Gasteiger partial charge in [-0.25, -0.2) is 0 Å². The summed E-state index contributed by atoms with van der Waals surface area (Å²) in [7, 11) is 0. The quantitative estimate of drug-likeness (QED) is 0.835. The highest BCUT2D eigenvalue weighted by molar-refractivity contribution is 5.85. The van der Waals surface area contributed by atoms with Crippen molar-refractivity contribution in [3.05, 3.63) is 0 Å². The minimum atomic E-state index is 0. The second kappa shape index (κ2) is 8.80. The number of piperidine rings is 1. The van der Waals surface area contributed by atoms with Gasteiger partial charge in [-0.2, -0.15) is 0 Å². The van der Waals surface area contributed by atoms with Crippen LogP contribution in [-0.2, 0) is 4.79 Å². The Labute approximate surface area is 123 Å². The van der Waals surface area contributed by atoms with Crippen LogP contribution in [0.4, 0.5) is 0 Å². The predicted molar refractivity (Wildman–Crippen MR) is 81.6 cm³/mol. The van der Waals surface area contributed by atoms with Crippen molar-refractivity contribution < 1.29 is 4.79 Å². The van der Waals surface area contributed by atoms with Crippen LogP contribution >= 0.6 is 12.4 Å². The first-order valence-corrected chi connectivity index (χ1v) is 7.77. The first-order chi connectivity index (χ1) is 8.75. The number of hydrogen-bond acceptors (Lipinski definition) is 2. The Kier molecular flexibility index (Phi) is 7.77. The highest BCUT2D eigenvalue weighted by atomic mass is 35.5. The van der Waals surface area contributed by atoms with E-state index >= 15 is 0 Å². The topological polar surface area (TPSA) is 41.1 Å². The molecule has 0 radical (unpaired) electrons. The van der Waals surface area contributed by atoms with Crippen LogP contribution in [0.25, 0.3) is 0 Å². The molecule has 4 heteroatoms. The molecular weight excluding hydrogens is 260 g/mol. The Hall–Kier alpha value is -0.280. The minimum absolute atomic E-state index is 0. The van der Waals surface area contributed by atoms with Gasteiger partial charge in [0.25, 0.3) is 0 Å². The average Bonchev–Trinajstić information content (AvgIpc) is 2.40. The van der Waals surface area contributed by atoms with E-state index in [9.17, 15) is 4.79 Å². The molecule has 2 aliphatic rings. The van der Waals surface area contributed by atoms with Crippen molar-refractivity contribution in [2.45, 2.75) is 64.3 Å². The molecule has 1 aliphatic heterocycles. The standard InChI is InChI=1S/C15H28N2O.ClH/c1-12-5-4-6-13(11-12)8-10-17-15(18)14-7-2-3-9-16-14;/h12-14,16H,2-11H2,1H3,(H,17,18);1H/t12?,13?,14-;/m1./s1. The van der Waals surface area contributed by atoms with Crippen molar-refractivity contribution in [3.63, 3.8) is 0 Å². The van der Waals surface area contributed by atoms with Crippen LogP contribution in [0.1, 0.15) is 58.3 Å². The fourth-order valence-electron chi connectivity index (χ4n) is 3.42. The van der Waals surface area contributed by atoms with Gasteiger partial charge >= 0.3 is 0 Å². The molecule has 2 fully saturated rings. The van der Waals surface area contributed by atoms with Gasteiger partial charge in [0.15, 0.2) is 0 Å². The second-order valence-corrected chi connectivity index (χ2v) is 6.22. The van der Waals surface area contributed by atoms with E-state index in [4.69, 9.17) is 0 Å². The molecule has 1 saturated heterocycles. The summed E-state index contributed by atoms with van der Waals surface area (Å²) in [5.74, 6) is 1.95. The van der Waals surface area contributed by atoms with Crippen LogP contribution in [0, 0.1) is 11.8 Å². The molecule has 1 heterocycles. The Morgan fingerprint density at radius 2 is 2.05 bits per heavy atom. The molecule has 0 spiro atoms. The fourth-order valence-corrected chi connectivity index (χ4v) is 3.42. The van der Waals surface area contributed by atoms with Crippen LogP contribution in [0.3, 0.4) is 0 Å². The first-order valence-electron chi connectivity index (χ1n) is 7.77. The summed E-state index contributed by atoms with van der Waals surface area (Å²) in [6.07, 6.45) is 10.1. The lowest BCUT2D eigenvalue weighted by Gasteiger charge is -2.27. The molecule has 0 aromatic heterocycles. The van der Waals surface area contributed by atoms with Crippen LogP contribution in [-0.4, -0.2) is 25.0 Å². The second-order valence-electron chi connectivity index (χ2n) is 6.22. The van der Waals surface area contributed by atoms with Crippen LogP contribution in [0.2, 0.25) is 0 Å². The van der Waals surface area contributed by atoms with Gasteiger partial charge in [-0.15, -0.1) is 12.4 Å². The summed E-state index contributed by atoms with van der Waals surface area (Å²) < 4.78 is 0. The molecule has 19 heavy (non-hydrogen) atoms. The molecule has 112 valence electrons. The van der Waals surface area contributed by atoms with E-state index in [0.717, 1.165) is 31.3 Å². The van der Waals surface area contributed by atoms with Crippen LogP contribution in [0.5, 0.6) is 0 Å². The Bertz CT molecular complexity index is 267. The van der Waals surface area contributed by atoms with E-state index < -0.39 is 0 Å². The number of halogens is 1. The van der Waals surface area contributed by atoms with Crippen molar-refractivity contribution in [2.24, 2.45) is 11.8 Å². The Morgan fingerprint density at radius 3 is 2.74 bits per heavy atom. The summed E-state index contributed by atoms with van der Waals surface area (Å²) in [5.41, 5.74) is 0. The molecule has 1 aliphatic carbocycles. The van der Waals surface area contributed by atoms with Crippen molar-refractivity contribution >= 4 is 18.3 Å². The maximum atomic E-state index is 11.9. The predicted octanol–water partition coefficient (Wildman–Crippen LogP) is 2.88. The van der Waals surface area contributed by atoms with Gasteiger partial charge < -0.3 is 10.6 Å². The van der Waals surface area contributed by atoms with E-state index in [2.05, 4.69) is 17.6 Å². The third kappa shape index (κ3) is 5.70. The molecule has 0 bridgehead atoms. The number of carbonyl (C=O) groups is 1. The van der Waals surface area contributed by atoms with Gasteiger partial charge in [-0.3, -0.25) is 4.79 Å². The zero-order valence-electron chi connectivity index (χ0n) is 12.1. The summed E-state index contributed by atoms with van der Waals surface area (Å²) in [6, 6.07) is 0.0732. The summed E-state index contributed by atoms with van der Waals surface area (Å²) >= 11 is 0. The molecule has 1 amide bonds. The van der Waals surface area contributed by atoms with Gasteiger partial charge in [-0.1, -0.05) is 32.6 Å². The lowest BCUT2D eigenvalue weighted by molar-refractivity contribution is -0.123. The van der Waals surface area contributed by atoms with Gasteiger partial charge in [0.1, 0.15) is 0 Å². The van der Waals surface area contributed by atoms with E-state index in [1.165, 1.54) is 44.9 Å². The zero-order valence-corrected chi connectivity index (χ0v) is 12.9. The summed E-state index contributed by atoms with van der Waals surface area (Å²) in [5, 5.41) is 6.42. The zero-order chi connectivity index (χ0) is 12.8. The average molecular weight is 289 g/mol. The lowest BCUT2D eigenvalue weighted by atomic mass is 9.81. The van der Waals surface area contributed by atoms with E-state index in [0.29, 0.717) is 0 Å². The molecule has 3 atom stereocenters. The lowest BCUT2D eigenvalue weighted by Crippen LogP contribution is -2.47. The number of rotatable bonds is 4. The third-order valence-corrected chi connectivity index (χ3v) is 4.52. The van der Waals surface area contributed by atoms with Crippen LogP contribution in [0.15, 0.2) is 0 Å². The smallest absolute Gasteiger partial charge is 0.237 e. The number of amides is 1. The van der Waals surface area contributed by atoms with Crippen molar-refractivity contribution in [2.75, 3.05) is 13.1 Å². The van der Waals surface area contributed by atoms with E-state index in [-0.39, 0.29) is 24.4 Å². The highest BCUT2D eigenvalue weighted by Gasteiger charge is 2.21. The number of hydrogen-bond donors (Lipinski definition) is 2. The van der Waals surface area contributed by atoms with E-state index in [1.807, 2.05) is 0 Å². The summed E-state index contributed by atoms with van der Waals surface area (Å²) in [6.45, 7) is 4.23. The Balaban J connectivity index is 0.00000180. The van der Waals surface area contributed by atoms with Gasteiger partial charge in [-0.05, 0) is 44.1 Å². The molecule has 1 saturated carbocycles. The number of carbonyl (C=O) groups excluding carboxylic acids is 1. The van der Waals surface area contributed by atoms with E-state index in [1.54, 1.807) is 0 Å². The molecular formula is C15H29ClN2O. The largest absolute Gasteiger partial charge is 0.355 e. The van der Waals surface area contributed by atoms with Crippen LogP contribution < -0.4 is 10.6 Å². The highest BCUT2D eigenvalue weighted by Crippen LogP contribution is 2.30. The molecule has 0 aromatic carbocycles. The summed E-state index contributed by atoms with van der Waals surface area (Å²) in [4.78, 5) is 11.9. The Morgan fingerprint density at radius 1 is 1.21 bits per heavy atom. The molecule has 2 rings (SSSR count). The SMILES string of the molecule is CC1CCCC(CCNC(=O)[C@H]2CCCCN2)C1.Cl. The molecule has 2 unspecified atom stereocenters. The number of nitrogens with one attached hydrogen (secondary N) is 2. The third-order valence-electron chi connectivity index (χ3n) is 4.52. The first kappa shape index (κ1) is 16.8. The van der Waals surface area contributed by atoms with Crippen molar-refractivity contribution in [1.82, 2.24) is 10.6 Å². The van der Waals surface area contributed by atoms with Crippen molar-refractivity contribution in [3.8, 4) is 0 Å². The maximum Gasteiger partial charge on any atom is 0.237 e. The molecule has 0 aromatic rings. The monoisotopic (exact) mass is 288 g/mol. The molecule has 3 nitrogen and oxygen atoms in total. The molecule has 2 N–H and O–H groups in total. The normalized spacial score (nSPS) is 31.3. The minimum Gasteiger partial charge on any atom is -0.355 e. The fraction of sp³-hybridized carbons (Fsp3) is 0.933. The van der Waals surface area contributed by atoms with Gasteiger partial charge in [0.2, 0.25) is 5.91 Å². The maximum absolute atomic E-state index is 11.9.